The second kappa shape index (κ2) is 6.72. The van der Waals surface area contributed by atoms with Crippen molar-refractivity contribution in [2.75, 3.05) is 20.6 Å². The molecule has 1 N–H and O–H groups in total. The number of hydrogen-bond acceptors (Lipinski definition) is 3. The molecule has 0 saturated heterocycles. The zero-order chi connectivity index (χ0) is 14.6. The van der Waals surface area contributed by atoms with Crippen LogP contribution in [0, 0.1) is 0 Å². The average Bonchev–Trinajstić information content (AvgIpc) is 2.88. The number of nitrogens with zero attached hydrogens (tertiary/aromatic N) is 3. The van der Waals surface area contributed by atoms with Gasteiger partial charge in [-0.2, -0.15) is 0 Å². The first-order valence-electron chi connectivity index (χ1n) is 7.94. The van der Waals surface area contributed by atoms with E-state index >= 15 is 0 Å². The maximum Gasteiger partial charge on any atom is 0.0951 e. The Morgan fingerprint density at radius 2 is 2.00 bits per heavy atom. The Labute approximate surface area is 123 Å². The molecule has 0 aliphatic heterocycles. The summed E-state index contributed by atoms with van der Waals surface area (Å²) in [4.78, 5) is 6.70. The molecule has 0 radical (unpaired) electrons. The Kier molecular flexibility index (Phi) is 5.22. The fourth-order valence-corrected chi connectivity index (χ4v) is 3.35. The Morgan fingerprint density at radius 3 is 2.60 bits per heavy atom. The van der Waals surface area contributed by atoms with Gasteiger partial charge in [0.1, 0.15) is 0 Å². The first kappa shape index (κ1) is 15.5. The van der Waals surface area contributed by atoms with Crippen molar-refractivity contribution in [3.8, 4) is 0 Å². The number of hydrogen-bond donors (Lipinski definition) is 1. The molecule has 0 bridgehead atoms. The zero-order valence-corrected chi connectivity index (χ0v) is 13.5. The number of likely N-dealkylation sites (N-methyl/N-ethyl adjacent to an activating group) is 1. The lowest BCUT2D eigenvalue weighted by Crippen LogP contribution is -2.52. The van der Waals surface area contributed by atoms with Gasteiger partial charge in [-0.3, -0.25) is 0 Å². The van der Waals surface area contributed by atoms with E-state index in [0.717, 1.165) is 13.1 Å². The van der Waals surface area contributed by atoms with E-state index in [2.05, 4.69) is 47.7 Å². The molecule has 2 rings (SSSR count). The van der Waals surface area contributed by atoms with E-state index in [1.165, 1.54) is 37.8 Å². The highest BCUT2D eigenvalue weighted by atomic mass is 15.2. The molecule has 4 nitrogen and oxygen atoms in total. The van der Waals surface area contributed by atoms with Crippen LogP contribution >= 0.6 is 0 Å². The molecule has 114 valence electrons. The molecule has 20 heavy (non-hydrogen) atoms. The van der Waals surface area contributed by atoms with Gasteiger partial charge in [-0.25, -0.2) is 4.98 Å². The predicted octanol–water partition coefficient (Wildman–Crippen LogP) is 2.82. The van der Waals surface area contributed by atoms with E-state index in [0.29, 0.717) is 11.6 Å². The first-order chi connectivity index (χ1) is 9.55. The van der Waals surface area contributed by atoms with E-state index in [1.807, 2.05) is 12.5 Å². The summed E-state index contributed by atoms with van der Waals surface area (Å²) in [5.41, 5.74) is 1.63. The van der Waals surface area contributed by atoms with Crippen LogP contribution in [-0.2, 0) is 6.54 Å². The fourth-order valence-electron chi connectivity index (χ4n) is 3.35. The monoisotopic (exact) mass is 278 g/mol. The van der Waals surface area contributed by atoms with Crippen molar-refractivity contribution in [1.82, 2.24) is 19.8 Å². The van der Waals surface area contributed by atoms with Gasteiger partial charge in [0.05, 0.1) is 12.0 Å². The minimum absolute atomic E-state index is 0.348. The smallest absolute Gasteiger partial charge is 0.0951 e. The molecule has 0 unspecified atom stereocenters. The Bertz CT molecular complexity index is 402. The molecule has 1 saturated carbocycles. The van der Waals surface area contributed by atoms with E-state index < -0.39 is 0 Å². The predicted molar refractivity (Wildman–Crippen MR) is 83.8 cm³/mol. The molecule has 1 fully saturated rings. The molecular formula is C16H30N4. The van der Waals surface area contributed by atoms with Gasteiger partial charge in [0, 0.05) is 30.9 Å². The third kappa shape index (κ3) is 3.41. The van der Waals surface area contributed by atoms with Gasteiger partial charge in [-0.15, -0.1) is 0 Å². The molecule has 1 heterocycles. The topological polar surface area (TPSA) is 33.1 Å². The van der Waals surface area contributed by atoms with Crippen LogP contribution < -0.4 is 5.32 Å². The summed E-state index contributed by atoms with van der Waals surface area (Å²) in [6.45, 7) is 6.39. The van der Waals surface area contributed by atoms with Crippen molar-refractivity contribution >= 4 is 0 Å². The van der Waals surface area contributed by atoms with Gasteiger partial charge in [-0.05, 0) is 40.8 Å². The van der Waals surface area contributed by atoms with Gasteiger partial charge < -0.3 is 14.8 Å². The first-order valence-corrected chi connectivity index (χ1v) is 7.94. The summed E-state index contributed by atoms with van der Waals surface area (Å²) < 4.78 is 2.25. The van der Waals surface area contributed by atoms with E-state index in [1.54, 1.807) is 0 Å². The minimum Gasteiger partial charge on any atom is -0.331 e. The Hall–Kier alpha value is -0.870. The Morgan fingerprint density at radius 1 is 1.30 bits per heavy atom. The van der Waals surface area contributed by atoms with E-state index in [4.69, 9.17) is 0 Å². The van der Waals surface area contributed by atoms with Crippen molar-refractivity contribution in [1.29, 1.82) is 0 Å². The second-order valence-corrected chi connectivity index (χ2v) is 6.67. The van der Waals surface area contributed by atoms with Gasteiger partial charge >= 0.3 is 0 Å². The molecule has 1 aromatic rings. The third-order valence-corrected chi connectivity index (χ3v) is 4.80. The van der Waals surface area contributed by atoms with Crippen LogP contribution in [0.1, 0.15) is 57.7 Å². The average molecular weight is 278 g/mol. The minimum atomic E-state index is 0.348. The van der Waals surface area contributed by atoms with E-state index in [9.17, 15) is 0 Å². The molecular weight excluding hydrogens is 248 g/mol. The van der Waals surface area contributed by atoms with Crippen molar-refractivity contribution in [3.05, 3.63) is 18.2 Å². The molecule has 1 aromatic heterocycles. The third-order valence-electron chi connectivity index (χ3n) is 4.80. The maximum atomic E-state index is 4.27. The van der Waals surface area contributed by atoms with Crippen LogP contribution in [0.4, 0.5) is 0 Å². The number of nitrogens with one attached hydrogen (secondary N) is 1. The highest BCUT2D eigenvalue weighted by molar-refractivity contribution is 5.00. The lowest BCUT2D eigenvalue weighted by atomic mass is 9.80. The Balaban J connectivity index is 1.92. The molecule has 0 aromatic carbocycles. The van der Waals surface area contributed by atoms with Crippen molar-refractivity contribution < 1.29 is 0 Å². The number of aromatic nitrogens is 2. The SMILES string of the molecule is CC(C)n1cncc1CNCC1(N(C)C)CCCCC1. The fraction of sp³-hybridized carbons (Fsp3) is 0.812. The normalized spacial score (nSPS) is 18.9. The summed E-state index contributed by atoms with van der Waals surface area (Å²) in [5, 5.41) is 3.67. The maximum absolute atomic E-state index is 4.27. The summed E-state index contributed by atoms with van der Waals surface area (Å²) >= 11 is 0. The molecule has 0 atom stereocenters. The van der Waals surface area contributed by atoms with Crippen LogP contribution in [0.2, 0.25) is 0 Å². The standard InChI is InChI=1S/C16H30N4/c1-14(2)20-13-18-11-15(20)10-17-12-16(19(3)4)8-6-5-7-9-16/h11,13-14,17H,5-10,12H2,1-4H3. The van der Waals surface area contributed by atoms with Crippen LogP contribution in [-0.4, -0.2) is 40.6 Å². The summed E-state index contributed by atoms with van der Waals surface area (Å²) in [6, 6.07) is 0.479. The number of imidazole rings is 1. The van der Waals surface area contributed by atoms with Crippen molar-refractivity contribution in [2.45, 2.75) is 64.1 Å². The lowest BCUT2D eigenvalue weighted by Gasteiger charge is -2.43. The van der Waals surface area contributed by atoms with Crippen molar-refractivity contribution in [3.63, 3.8) is 0 Å². The largest absolute Gasteiger partial charge is 0.331 e. The quantitative estimate of drug-likeness (QED) is 0.868. The molecule has 0 amide bonds. The second-order valence-electron chi connectivity index (χ2n) is 6.67. The van der Waals surface area contributed by atoms with Crippen LogP contribution in [0.5, 0.6) is 0 Å². The van der Waals surface area contributed by atoms with Gasteiger partial charge in [0.2, 0.25) is 0 Å². The lowest BCUT2D eigenvalue weighted by molar-refractivity contribution is 0.0981. The van der Waals surface area contributed by atoms with Crippen LogP contribution in [0.3, 0.4) is 0 Å². The molecule has 1 aliphatic carbocycles. The summed E-state index contributed by atoms with van der Waals surface area (Å²) in [7, 11) is 4.46. The van der Waals surface area contributed by atoms with Crippen molar-refractivity contribution in [2.24, 2.45) is 0 Å². The zero-order valence-electron chi connectivity index (χ0n) is 13.5. The van der Waals surface area contributed by atoms with E-state index in [-0.39, 0.29) is 0 Å². The summed E-state index contributed by atoms with van der Waals surface area (Å²) in [6.07, 6.45) is 10.7. The van der Waals surface area contributed by atoms with Gasteiger partial charge in [-0.1, -0.05) is 19.3 Å². The van der Waals surface area contributed by atoms with Crippen LogP contribution in [0.25, 0.3) is 0 Å². The van der Waals surface area contributed by atoms with Crippen LogP contribution in [0.15, 0.2) is 12.5 Å². The molecule has 1 aliphatic rings. The number of rotatable bonds is 6. The molecule has 4 heteroatoms. The van der Waals surface area contributed by atoms with Gasteiger partial charge in [0.15, 0.2) is 0 Å². The molecule has 0 spiro atoms. The van der Waals surface area contributed by atoms with Gasteiger partial charge in [0.25, 0.3) is 0 Å². The highest BCUT2D eigenvalue weighted by Gasteiger charge is 2.33. The highest BCUT2D eigenvalue weighted by Crippen LogP contribution is 2.31. The summed E-state index contributed by atoms with van der Waals surface area (Å²) in [5.74, 6) is 0.